The van der Waals surface area contributed by atoms with Crippen molar-refractivity contribution < 1.29 is 5.11 Å². The molecule has 0 spiro atoms. The van der Waals surface area contributed by atoms with Crippen LogP contribution in [0.25, 0.3) is 43.1 Å². The first-order chi connectivity index (χ1) is 12.3. The Morgan fingerprint density at radius 1 is 0.520 bits per heavy atom. The summed E-state index contributed by atoms with van der Waals surface area (Å²) in [4.78, 5) is 0. The van der Waals surface area contributed by atoms with Gasteiger partial charge in [-0.3, -0.25) is 0 Å². The van der Waals surface area contributed by atoms with E-state index in [1.54, 1.807) is 0 Å². The molecule has 0 aliphatic carbocycles. The lowest BCUT2D eigenvalue weighted by atomic mass is 9.95. The predicted octanol–water partition coefficient (Wildman–Crippen LogP) is 5.83. The fourth-order valence-electron chi connectivity index (χ4n) is 3.87. The molecule has 0 heterocycles. The molecule has 5 aromatic carbocycles. The molecule has 1 nitrogen and oxygen atoms in total. The highest BCUT2D eigenvalue weighted by molar-refractivity contribution is 6.08. The van der Waals surface area contributed by atoms with Gasteiger partial charge in [0.2, 0.25) is 0 Å². The van der Waals surface area contributed by atoms with Crippen molar-refractivity contribution in [3.63, 3.8) is 0 Å². The van der Waals surface area contributed by atoms with Gasteiger partial charge in [0.05, 0.1) is 0 Å². The van der Waals surface area contributed by atoms with Crippen LogP contribution >= 0.6 is 0 Å². The van der Waals surface area contributed by atoms with Crippen molar-refractivity contribution in [3.05, 3.63) is 84.4 Å². The molecule has 0 bridgehead atoms. The first-order valence-electron chi connectivity index (χ1n) is 8.71. The van der Waals surface area contributed by atoms with E-state index >= 15 is 0 Å². The largest absolute Gasteiger partial charge is 0.396 e. The molecule has 0 amide bonds. The quantitative estimate of drug-likeness (QED) is 0.405. The smallest absolute Gasteiger partial charge is 0.0471 e. The fourth-order valence-corrected chi connectivity index (χ4v) is 3.87. The molecule has 1 N–H and O–H groups in total. The van der Waals surface area contributed by atoms with Crippen LogP contribution in [0.2, 0.25) is 0 Å². The molecule has 0 atom stereocenters. The van der Waals surface area contributed by atoms with E-state index in [9.17, 15) is 5.11 Å². The van der Waals surface area contributed by atoms with Crippen LogP contribution in [0.4, 0.5) is 0 Å². The molecular weight excluding hydrogens is 304 g/mol. The normalized spacial score (nSPS) is 11.7. The third-order valence-corrected chi connectivity index (χ3v) is 5.13. The maximum absolute atomic E-state index is 9.33. The molecule has 0 radical (unpaired) electrons. The van der Waals surface area contributed by atoms with Gasteiger partial charge in [-0.05, 0) is 91.5 Å². The number of hydrogen-bond donors (Lipinski definition) is 1. The molecule has 0 aliphatic heterocycles. The minimum atomic E-state index is 0.181. The standard InChI is InChI=1S/C24H18O/c25-9-8-16-6-3-7-19-12-22-13-20-10-17-4-1-2-5-18(17)11-21(20)14-23(22)15-24(16)19/h1-7,10-15,25H,8-9H2. The molecular formula is C24H18O. The Hall–Kier alpha value is -2.90. The zero-order valence-electron chi connectivity index (χ0n) is 13.9. The van der Waals surface area contributed by atoms with Crippen LogP contribution in [0.5, 0.6) is 0 Å². The topological polar surface area (TPSA) is 20.2 Å². The van der Waals surface area contributed by atoms with Crippen molar-refractivity contribution in [1.29, 1.82) is 0 Å². The average molecular weight is 322 g/mol. The predicted molar refractivity (Wildman–Crippen MR) is 107 cm³/mol. The van der Waals surface area contributed by atoms with Crippen LogP contribution in [0.15, 0.2) is 78.9 Å². The van der Waals surface area contributed by atoms with Gasteiger partial charge in [0.15, 0.2) is 0 Å². The van der Waals surface area contributed by atoms with Crippen molar-refractivity contribution in [2.45, 2.75) is 6.42 Å². The Kier molecular flexibility index (Phi) is 3.22. The highest BCUT2D eigenvalue weighted by atomic mass is 16.2. The van der Waals surface area contributed by atoms with Gasteiger partial charge in [0.1, 0.15) is 0 Å². The Labute approximate surface area is 146 Å². The Morgan fingerprint density at radius 3 is 1.68 bits per heavy atom. The summed E-state index contributed by atoms with van der Waals surface area (Å²) in [5.74, 6) is 0. The average Bonchev–Trinajstić information content (AvgIpc) is 2.64. The van der Waals surface area contributed by atoms with Crippen molar-refractivity contribution in [1.82, 2.24) is 0 Å². The number of aliphatic hydroxyl groups is 1. The molecule has 0 unspecified atom stereocenters. The van der Waals surface area contributed by atoms with Gasteiger partial charge in [-0.15, -0.1) is 0 Å². The second-order valence-electron chi connectivity index (χ2n) is 6.71. The summed E-state index contributed by atoms with van der Waals surface area (Å²) in [6, 6.07) is 28.5. The van der Waals surface area contributed by atoms with E-state index in [0.717, 1.165) is 0 Å². The number of aliphatic hydroxyl groups excluding tert-OH is 1. The van der Waals surface area contributed by atoms with Crippen LogP contribution in [-0.4, -0.2) is 11.7 Å². The first-order valence-corrected chi connectivity index (χ1v) is 8.71. The molecule has 0 aliphatic rings. The molecule has 120 valence electrons. The van der Waals surface area contributed by atoms with Crippen LogP contribution in [-0.2, 0) is 6.42 Å². The lowest BCUT2D eigenvalue weighted by Crippen LogP contribution is -1.92. The fraction of sp³-hybridized carbons (Fsp3) is 0.0833. The lowest BCUT2D eigenvalue weighted by molar-refractivity contribution is 0.300. The summed E-state index contributed by atoms with van der Waals surface area (Å²) in [5.41, 5.74) is 1.21. The third kappa shape index (κ3) is 2.36. The molecule has 5 rings (SSSR count). The Morgan fingerprint density at radius 2 is 1.04 bits per heavy atom. The molecule has 0 fully saturated rings. The molecule has 0 saturated heterocycles. The van der Waals surface area contributed by atoms with E-state index in [1.165, 1.54) is 48.7 Å². The van der Waals surface area contributed by atoms with Gasteiger partial charge in [0.25, 0.3) is 0 Å². The zero-order chi connectivity index (χ0) is 16.8. The summed E-state index contributed by atoms with van der Waals surface area (Å²) in [6.07, 6.45) is 0.696. The minimum Gasteiger partial charge on any atom is -0.396 e. The maximum Gasteiger partial charge on any atom is 0.0471 e. The minimum absolute atomic E-state index is 0.181. The van der Waals surface area contributed by atoms with Crippen molar-refractivity contribution in [2.24, 2.45) is 0 Å². The Bertz CT molecular complexity index is 1250. The van der Waals surface area contributed by atoms with Gasteiger partial charge in [-0.25, -0.2) is 0 Å². The van der Waals surface area contributed by atoms with Crippen LogP contribution in [0.1, 0.15) is 5.56 Å². The van der Waals surface area contributed by atoms with E-state index in [-0.39, 0.29) is 6.61 Å². The lowest BCUT2D eigenvalue weighted by Gasteiger charge is -2.09. The number of benzene rings is 5. The van der Waals surface area contributed by atoms with E-state index in [0.29, 0.717) is 6.42 Å². The second-order valence-corrected chi connectivity index (χ2v) is 6.71. The van der Waals surface area contributed by atoms with E-state index < -0.39 is 0 Å². The maximum atomic E-state index is 9.33. The van der Waals surface area contributed by atoms with Gasteiger partial charge in [0, 0.05) is 6.61 Å². The summed E-state index contributed by atoms with van der Waals surface area (Å²) in [7, 11) is 0. The second kappa shape index (κ2) is 5.58. The monoisotopic (exact) mass is 322 g/mol. The highest BCUT2D eigenvalue weighted by Crippen LogP contribution is 2.31. The molecule has 5 aromatic rings. The Balaban J connectivity index is 1.85. The van der Waals surface area contributed by atoms with Gasteiger partial charge in [-0.2, -0.15) is 0 Å². The van der Waals surface area contributed by atoms with Gasteiger partial charge in [-0.1, -0.05) is 42.5 Å². The van der Waals surface area contributed by atoms with Crippen LogP contribution in [0, 0.1) is 0 Å². The molecule has 0 aromatic heterocycles. The van der Waals surface area contributed by atoms with E-state index in [4.69, 9.17) is 0 Å². The van der Waals surface area contributed by atoms with Crippen molar-refractivity contribution in [2.75, 3.05) is 6.61 Å². The van der Waals surface area contributed by atoms with Crippen LogP contribution < -0.4 is 0 Å². The van der Waals surface area contributed by atoms with Gasteiger partial charge >= 0.3 is 0 Å². The van der Waals surface area contributed by atoms with E-state index in [2.05, 4.69) is 78.9 Å². The number of rotatable bonds is 2. The number of hydrogen-bond acceptors (Lipinski definition) is 1. The molecule has 25 heavy (non-hydrogen) atoms. The number of fused-ring (bicyclic) bond motifs is 4. The zero-order valence-corrected chi connectivity index (χ0v) is 13.9. The van der Waals surface area contributed by atoms with E-state index in [1.807, 2.05) is 0 Å². The summed E-state index contributed by atoms with van der Waals surface area (Å²) >= 11 is 0. The summed E-state index contributed by atoms with van der Waals surface area (Å²) < 4.78 is 0. The highest BCUT2D eigenvalue weighted by Gasteiger charge is 2.05. The summed E-state index contributed by atoms with van der Waals surface area (Å²) in [5, 5.41) is 19.4. The molecule has 0 saturated carbocycles. The van der Waals surface area contributed by atoms with Crippen LogP contribution in [0.3, 0.4) is 0 Å². The first kappa shape index (κ1) is 14.4. The van der Waals surface area contributed by atoms with Gasteiger partial charge < -0.3 is 5.11 Å². The SMILES string of the molecule is OCCc1cccc2cc3cc4cc5ccccc5cc4cc3cc12. The summed E-state index contributed by atoms with van der Waals surface area (Å²) in [6.45, 7) is 0.181. The van der Waals surface area contributed by atoms with Crippen molar-refractivity contribution >= 4 is 43.1 Å². The third-order valence-electron chi connectivity index (χ3n) is 5.13. The van der Waals surface area contributed by atoms with Crippen molar-refractivity contribution in [3.8, 4) is 0 Å². The molecule has 1 heteroatoms.